The zero-order valence-electron chi connectivity index (χ0n) is 8.80. The highest BCUT2D eigenvalue weighted by atomic mass is 79.9. The van der Waals surface area contributed by atoms with E-state index >= 15 is 0 Å². The van der Waals surface area contributed by atoms with Gasteiger partial charge in [0.05, 0.1) is 0 Å². The average Bonchev–Trinajstić information content (AvgIpc) is 2.08. The first-order chi connectivity index (χ1) is 6.99. The van der Waals surface area contributed by atoms with Crippen LogP contribution >= 0.6 is 39.1 Å². The van der Waals surface area contributed by atoms with Crippen LogP contribution in [0.4, 0.5) is 0 Å². The second-order valence-electron chi connectivity index (χ2n) is 3.71. The average molecular weight is 311 g/mol. The molecule has 0 amide bonds. The van der Waals surface area contributed by atoms with Crippen LogP contribution in [0.3, 0.4) is 0 Å². The first-order valence-electron chi connectivity index (χ1n) is 4.75. The Morgan fingerprint density at radius 2 is 2.07 bits per heavy atom. The minimum atomic E-state index is 0.480. The summed E-state index contributed by atoms with van der Waals surface area (Å²) in [6.07, 6.45) is 0. The fourth-order valence-corrected chi connectivity index (χ4v) is 2.40. The lowest BCUT2D eigenvalue weighted by molar-refractivity contribution is 0.333. The smallest absolute Gasteiger partial charge is 0.0465 e. The quantitative estimate of drug-likeness (QED) is 0.753. The number of rotatable bonds is 4. The second kappa shape index (κ2) is 6.09. The number of halogens is 3. The number of nitrogens with zero attached hydrogens (tertiary/aromatic N) is 1. The minimum Gasteiger partial charge on any atom is -0.301 e. The van der Waals surface area contributed by atoms with Gasteiger partial charge in [-0.3, -0.25) is 0 Å². The Labute approximate surface area is 109 Å². The number of benzene rings is 1. The molecule has 1 atom stereocenters. The van der Waals surface area contributed by atoms with Gasteiger partial charge >= 0.3 is 0 Å². The van der Waals surface area contributed by atoms with Gasteiger partial charge in [-0.2, -0.15) is 0 Å². The Balaban J connectivity index is 2.64. The molecule has 0 bridgehead atoms. The SMILES string of the molecule is CC(Br)CN(C)Cc1ccc(Cl)cc1Cl. The van der Waals surface area contributed by atoms with E-state index in [4.69, 9.17) is 23.2 Å². The van der Waals surface area contributed by atoms with Gasteiger partial charge in [-0.25, -0.2) is 0 Å². The molecule has 84 valence electrons. The van der Waals surface area contributed by atoms with E-state index in [1.807, 2.05) is 12.1 Å². The molecule has 1 aromatic rings. The van der Waals surface area contributed by atoms with Crippen LogP contribution in [-0.4, -0.2) is 23.3 Å². The summed E-state index contributed by atoms with van der Waals surface area (Å²) in [6, 6.07) is 5.62. The first kappa shape index (κ1) is 13.3. The lowest BCUT2D eigenvalue weighted by Gasteiger charge is -2.18. The number of hydrogen-bond donors (Lipinski definition) is 0. The summed E-state index contributed by atoms with van der Waals surface area (Å²) in [6.45, 7) is 3.95. The van der Waals surface area contributed by atoms with Crippen molar-refractivity contribution in [3.05, 3.63) is 33.8 Å². The Bertz CT molecular complexity index is 328. The van der Waals surface area contributed by atoms with Gasteiger partial charge in [0.1, 0.15) is 0 Å². The second-order valence-corrected chi connectivity index (χ2v) is 6.12. The molecule has 0 heterocycles. The molecule has 0 saturated carbocycles. The van der Waals surface area contributed by atoms with E-state index in [0.29, 0.717) is 9.85 Å². The maximum atomic E-state index is 6.09. The van der Waals surface area contributed by atoms with E-state index in [2.05, 4.69) is 34.8 Å². The van der Waals surface area contributed by atoms with Gasteiger partial charge < -0.3 is 4.90 Å². The molecule has 0 aliphatic heterocycles. The lowest BCUT2D eigenvalue weighted by atomic mass is 10.2. The fourth-order valence-electron chi connectivity index (χ4n) is 1.43. The molecule has 0 aromatic heterocycles. The van der Waals surface area contributed by atoms with Crippen molar-refractivity contribution in [2.45, 2.75) is 18.3 Å². The molecule has 0 saturated heterocycles. The molecular formula is C11H14BrCl2N. The molecule has 1 nitrogen and oxygen atoms in total. The number of hydrogen-bond acceptors (Lipinski definition) is 1. The van der Waals surface area contributed by atoms with E-state index in [9.17, 15) is 0 Å². The summed E-state index contributed by atoms with van der Waals surface area (Å²) in [5, 5.41) is 1.41. The predicted molar refractivity (Wildman–Crippen MR) is 71.2 cm³/mol. The van der Waals surface area contributed by atoms with Crippen LogP contribution in [0.25, 0.3) is 0 Å². The highest BCUT2D eigenvalue weighted by Gasteiger charge is 2.06. The number of alkyl halides is 1. The molecule has 1 unspecified atom stereocenters. The van der Waals surface area contributed by atoms with Gasteiger partial charge in [0.15, 0.2) is 0 Å². The van der Waals surface area contributed by atoms with Crippen LogP contribution in [0.15, 0.2) is 18.2 Å². The zero-order valence-corrected chi connectivity index (χ0v) is 11.9. The minimum absolute atomic E-state index is 0.480. The molecule has 0 aliphatic carbocycles. The van der Waals surface area contributed by atoms with Crippen LogP contribution in [0.5, 0.6) is 0 Å². The molecule has 0 aliphatic rings. The lowest BCUT2D eigenvalue weighted by Crippen LogP contribution is -2.24. The normalized spacial score (nSPS) is 13.2. The van der Waals surface area contributed by atoms with Crippen molar-refractivity contribution in [3.8, 4) is 0 Å². The fraction of sp³-hybridized carbons (Fsp3) is 0.455. The monoisotopic (exact) mass is 309 g/mol. The van der Waals surface area contributed by atoms with Crippen molar-refractivity contribution in [3.63, 3.8) is 0 Å². The topological polar surface area (TPSA) is 3.24 Å². The molecular weight excluding hydrogens is 297 g/mol. The van der Waals surface area contributed by atoms with Crippen molar-refractivity contribution < 1.29 is 0 Å². The summed E-state index contributed by atoms with van der Waals surface area (Å²) in [4.78, 5) is 2.70. The first-order valence-corrected chi connectivity index (χ1v) is 6.42. The van der Waals surface area contributed by atoms with Crippen LogP contribution < -0.4 is 0 Å². The summed E-state index contributed by atoms with van der Waals surface area (Å²) >= 11 is 15.4. The van der Waals surface area contributed by atoms with E-state index in [1.165, 1.54) is 0 Å². The predicted octanol–water partition coefficient (Wildman–Crippen LogP) is 4.21. The molecule has 0 spiro atoms. The third-order valence-corrected chi connectivity index (χ3v) is 2.90. The van der Waals surface area contributed by atoms with Gasteiger partial charge in [-0.05, 0) is 24.7 Å². The molecule has 1 rings (SSSR count). The Morgan fingerprint density at radius 1 is 1.40 bits per heavy atom. The Morgan fingerprint density at radius 3 is 2.60 bits per heavy atom. The molecule has 0 fully saturated rings. The third kappa shape index (κ3) is 4.73. The largest absolute Gasteiger partial charge is 0.301 e. The summed E-state index contributed by atoms with van der Waals surface area (Å²) < 4.78 is 0. The van der Waals surface area contributed by atoms with E-state index in [1.54, 1.807) is 6.07 Å². The summed E-state index contributed by atoms with van der Waals surface area (Å²) in [7, 11) is 2.07. The molecule has 15 heavy (non-hydrogen) atoms. The molecule has 0 N–H and O–H groups in total. The van der Waals surface area contributed by atoms with E-state index < -0.39 is 0 Å². The van der Waals surface area contributed by atoms with Crippen LogP contribution in [0, 0.1) is 0 Å². The highest BCUT2D eigenvalue weighted by molar-refractivity contribution is 9.09. The van der Waals surface area contributed by atoms with Crippen LogP contribution in [-0.2, 0) is 6.54 Å². The third-order valence-electron chi connectivity index (χ3n) is 2.02. The van der Waals surface area contributed by atoms with Crippen molar-refractivity contribution in [1.82, 2.24) is 4.90 Å². The van der Waals surface area contributed by atoms with Gasteiger partial charge in [0, 0.05) is 28.0 Å². The maximum Gasteiger partial charge on any atom is 0.0465 e. The standard InChI is InChI=1S/C11H14BrCl2N/c1-8(12)6-15(2)7-9-3-4-10(13)5-11(9)14/h3-5,8H,6-7H2,1-2H3. The van der Waals surface area contributed by atoms with Crippen molar-refractivity contribution in [2.24, 2.45) is 0 Å². The zero-order chi connectivity index (χ0) is 11.4. The van der Waals surface area contributed by atoms with Gasteiger partial charge in [0.25, 0.3) is 0 Å². The maximum absolute atomic E-state index is 6.09. The van der Waals surface area contributed by atoms with Crippen molar-refractivity contribution in [2.75, 3.05) is 13.6 Å². The molecule has 1 aromatic carbocycles. The van der Waals surface area contributed by atoms with E-state index in [0.717, 1.165) is 23.7 Å². The Hall–Kier alpha value is 0.240. The molecule has 0 radical (unpaired) electrons. The van der Waals surface area contributed by atoms with Gasteiger partial charge in [0.2, 0.25) is 0 Å². The van der Waals surface area contributed by atoms with Crippen molar-refractivity contribution >= 4 is 39.1 Å². The molecule has 4 heteroatoms. The van der Waals surface area contributed by atoms with Crippen molar-refractivity contribution in [1.29, 1.82) is 0 Å². The van der Waals surface area contributed by atoms with E-state index in [-0.39, 0.29) is 0 Å². The van der Waals surface area contributed by atoms with Crippen LogP contribution in [0.2, 0.25) is 10.0 Å². The Kier molecular flexibility index (Phi) is 5.41. The summed E-state index contributed by atoms with van der Waals surface area (Å²) in [5.74, 6) is 0. The highest BCUT2D eigenvalue weighted by Crippen LogP contribution is 2.22. The van der Waals surface area contributed by atoms with Gasteiger partial charge in [-0.1, -0.05) is 52.1 Å². The summed E-state index contributed by atoms with van der Waals surface area (Å²) in [5.41, 5.74) is 1.11. The van der Waals surface area contributed by atoms with Gasteiger partial charge in [-0.15, -0.1) is 0 Å². The van der Waals surface area contributed by atoms with Crippen LogP contribution in [0.1, 0.15) is 12.5 Å².